The minimum atomic E-state index is -0.371. The zero-order valence-electron chi connectivity index (χ0n) is 16.3. The molecule has 0 bridgehead atoms. The average molecular weight is 411 g/mol. The van der Waals surface area contributed by atoms with E-state index in [1.165, 1.54) is 6.07 Å². The van der Waals surface area contributed by atoms with Gasteiger partial charge >= 0.3 is 5.63 Å². The summed E-state index contributed by atoms with van der Waals surface area (Å²) in [5.74, 6) is -0.0434. The van der Waals surface area contributed by atoms with Crippen molar-refractivity contribution in [3.63, 3.8) is 0 Å². The predicted octanol–water partition coefficient (Wildman–Crippen LogP) is 4.61. The second kappa shape index (κ2) is 8.39. The van der Waals surface area contributed by atoms with Crippen LogP contribution in [0.2, 0.25) is 5.02 Å². The van der Waals surface area contributed by atoms with Crippen molar-refractivity contribution in [3.8, 4) is 0 Å². The number of benzene rings is 2. The fourth-order valence-electron chi connectivity index (χ4n) is 3.90. The average Bonchev–Trinajstić information content (AvgIpc) is 2.70. The normalized spacial score (nSPS) is 17.4. The molecule has 150 valence electrons. The van der Waals surface area contributed by atoms with Crippen molar-refractivity contribution in [2.75, 3.05) is 18.4 Å². The van der Waals surface area contributed by atoms with Gasteiger partial charge in [-0.2, -0.15) is 0 Å². The molecule has 4 rings (SSSR count). The third-order valence-corrected chi connectivity index (χ3v) is 5.83. The minimum absolute atomic E-state index is 0.0389. The second-order valence-electron chi connectivity index (χ2n) is 7.62. The highest BCUT2D eigenvalue weighted by Crippen LogP contribution is 2.27. The number of hydrogen-bond acceptors (Lipinski definition) is 4. The Labute approximate surface area is 174 Å². The molecule has 1 aliphatic rings. The first-order valence-electron chi connectivity index (χ1n) is 9.81. The van der Waals surface area contributed by atoms with Crippen LogP contribution in [-0.4, -0.2) is 23.9 Å². The Morgan fingerprint density at radius 3 is 2.83 bits per heavy atom. The number of carbonyl (C=O) groups excluding carboxylic acids is 1. The van der Waals surface area contributed by atoms with Crippen LogP contribution < -0.4 is 10.9 Å². The lowest BCUT2D eigenvalue weighted by atomic mass is 9.96. The van der Waals surface area contributed by atoms with Crippen LogP contribution in [0.5, 0.6) is 0 Å². The zero-order chi connectivity index (χ0) is 20.4. The summed E-state index contributed by atoms with van der Waals surface area (Å²) in [4.78, 5) is 27.0. The lowest BCUT2D eigenvalue weighted by molar-refractivity contribution is -0.121. The number of anilines is 1. The summed E-state index contributed by atoms with van der Waals surface area (Å²) in [6.07, 6.45) is 1.80. The molecule has 0 spiro atoms. The van der Waals surface area contributed by atoms with Crippen LogP contribution in [0.25, 0.3) is 11.0 Å². The molecule has 0 aliphatic carbocycles. The van der Waals surface area contributed by atoms with E-state index in [2.05, 4.69) is 10.2 Å². The molecule has 6 heteroatoms. The summed E-state index contributed by atoms with van der Waals surface area (Å²) in [5, 5.41) is 4.49. The molecule has 1 N–H and O–H groups in total. The number of amides is 1. The van der Waals surface area contributed by atoms with E-state index in [-0.39, 0.29) is 17.5 Å². The minimum Gasteiger partial charge on any atom is -0.423 e. The van der Waals surface area contributed by atoms with Crippen molar-refractivity contribution in [2.45, 2.75) is 26.3 Å². The molecule has 1 aromatic heterocycles. The summed E-state index contributed by atoms with van der Waals surface area (Å²) >= 11 is 6.30. The lowest BCUT2D eigenvalue weighted by Crippen LogP contribution is -2.40. The van der Waals surface area contributed by atoms with Crippen LogP contribution in [-0.2, 0) is 11.3 Å². The zero-order valence-corrected chi connectivity index (χ0v) is 17.0. The number of fused-ring (bicyclic) bond motifs is 1. The molecule has 1 saturated heterocycles. The number of piperidine rings is 1. The topological polar surface area (TPSA) is 62.6 Å². The monoisotopic (exact) mass is 410 g/mol. The number of rotatable bonds is 4. The number of aryl methyl sites for hydroxylation is 1. The highest BCUT2D eigenvalue weighted by Gasteiger charge is 2.26. The molecule has 5 nitrogen and oxygen atoms in total. The molecule has 3 aromatic rings. The van der Waals surface area contributed by atoms with E-state index in [4.69, 9.17) is 16.0 Å². The van der Waals surface area contributed by atoms with Gasteiger partial charge in [0.05, 0.1) is 5.92 Å². The maximum absolute atomic E-state index is 12.7. The SMILES string of the molecule is Cc1cc2oc(=O)cc(CN3CCCC(C(=O)Nc4ccccc4)C3)c2cc1Cl. The molecule has 29 heavy (non-hydrogen) atoms. The van der Waals surface area contributed by atoms with Gasteiger partial charge in [0.15, 0.2) is 0 Å². The van der Waals surface area contributed by atoms with Crippen molar-refractivity contribution in [2.24, 2.45) is 5.92 Å². The van der Waals surface area contributed by atoms with Crippen LogP contribution in [0.4, 0.5) is 5.69 Å². The molecule has 0 radical (unpaired) electrons. The van der Waals surface area contributed by atoms with Gasteiger partial charge < -0.3 is 9.73 Å². The molecule has 1 fully saturated rings. The van der Waals surface area contributed by atoms with Crippen LogP contribution in [0.3, 0.4) is 0 Å². The largest absolute Gasteiger partial charge is 0.423 e. The fourth-order valence-corrected chi connectivity index (χ4v) is 4.06. The first kappa shape index (κ1) is 19.7. The summed E-state index contributed by atoms with van der Waals surface area (Å²) in [6.45, 7) is 4.00. The second-order valence-corrected chi connectivity index (χ2v) is 8.02. The quantitative estimate of drug-likeness (QED) is 0.638. The summed E-state index contributed by atoms with van der Waals surface area (Å²) in [5.41, 5.74) is 2.73. The smallest absolute Gasteiger partial charge is 0.336 e. The standard InChI is InChI=1S/C23H23ClN2O3/c1-15-10-21-19(12-20(15)24)17(11-22(27)29-21)14-26-9-5-6-16(13-26)23(28)25-18-7-3-2-4-8-18/h2-4,7-8,10-12,16H,5-6,9,13-14H2,1H3,(H,25,28). The number of halogens is 1. The highest BCUT2D eigenvalue weighted by atomic mass is 35.5. The lowest BCUT2D eigenvalue weighted by Gasteiger charge is -2.32. The van der Waals surface area contributed by atoms with Gasteiger partial charge in [-0.1, -0.05) is 29.8 Å². The summed E-state index contributed by atoms with van der Waals surface area (Å²) in [7, 11) is 0. The molecule has 2 heterocycles. The van der Waals surface area contributed by atoms with Crippen molar-refractivity contribution < 1.29 is 9.21 Å². The van der Waals surface area contributed by atoms with Crippen LogP contribution in [0.15, 0.2) is 57.7 Å². The van der Waals surface area contributed by atoms with Crippen molar-refractivity contribution in [1.82, 2.24) is 4.90 Å². The van der Waals surface area contributed by atoms with Gasteiger partial charge in [0, 0.05) is 35.3 Å². The molecular formula is C23H23ClN2O3. The predicted molar refractivity (Wildman–Crippen MR) is 115 cm³/mol. The maximum atomic E-state index is 12.7. The molecular weight excluding hydrogens is 388 g/mol. The van der Waals surface area contributed by atoms with Crippen LogP contribution in [0.1, 0.15) is 24.0 Å². The van der Waals surface area contributed by atoms with E-state index >= 15 is 0 Å². The van der Waals surface area contributed by atoms with E-state index in [0.717, 1.165) is 41.6 Å². The van der Waals surface area contributed by atoms with Crippen molar-refractivity contribution in [3.05, 3.63) is 75.1 Å². The number of hydrogen-bond donors (Lipinski definition) is 1. The Kier molecular flexibility index (Phi) is 5.69. The Bertz CT molecular complexity index is 1090. The van der Waals surface area contributed by atoms with E-state index in [9.17, 15) is 9.59 Å². The molecule has 1 atom stereocenters. The van der Waals surface area contributed by atoms with Gasteiger partial charge in [-0.3, -0.25) is 9.69 Å². The Balaban J connectivity index is 1.52. The van der Waals surface area contributed by atoms with Gasteiger partial charge in [0.2, 0.25) is 5.91 Å². The van der Waals surface area contributed by atoms with E-state index in [1.54, 1.807) is 6.07 Å². The number of carbonyl (C=O) groups is 1. The van der Waals surface area contributed by atoms with Gasteiger partial charge in [-0.15, -0.1) is 0 Å². The van der Waals surface area contributed by atoms with Crippen LogP contribution >= 0.6 is 11.6 Å². The van der Waals surface area contributed by atoms with Crippen molar-refractivity contribution in [1.29, 1.82) is 0 Å². The summed E-state index contributed by atoms with van der Waals surface area (Å²) < 4.78 is 5.36. The molecule has 0 saturated carbocycles. The van der Waals surface area contributed by atoms with E-state index in [0.29, 0.717) is 23.7 Å². The third kappa shape index (κ3) is 4.52. The number of nitrogens with zero attached hydrogens (tertiary/aromatic N) is 1. The van der Waals surface area contributed by atoms with Crippen LogP contribution in [0, 0.1) is 12.8 Å². The van der Waals surface area contributed by atoms with Gasteiger partial charge in [0.1, 0.15) is 5.58 Å². The maximum Gasteiger partial charge on any atom is 0.336 e. The Morgan fingerprint density at radius 1 is 1.24 bits per heavy atom. The number of para-hydroxylation sites is 1. The van der Waals surface area contributed by atoms with Gasteiger partial charge in [-0.25, -0.2) is 4.79 Å². The molecule has 2 aromatic carbocycles. The Morgan fingerprint density at radius 2 is 2.03 bits per heavy atom. The summed E-state index contributed by atoms with van der Waals surface area (Å²) in [6, 6.07) is 14.7. The van der Waals surface area contributed by atoms with Gasteiger partial charge in [-0.05, 0) is 61.7 Å². The van der Waals surface area contributed by atoms with Gasteiger partial charge in [0.25, 0.3) is 0 Å². The van der Waals surface area contributed by atoms with Crippen molar-refractivity contribution >= 4 is 34.2 Å². The van der Waals surface area contributed by atoms with E-state index in [1.807, 2.05) is 43.3 Å². The molecule has 1 aliphatic heterocycles. The highest BCUT2D eigenvalue weighted by molar-refractivity contribution is 6.32. The van der Waals surface area contributed by atoms with E-state index < -0.39 is 0 Å². The first-order chi connectivity index (χ1) is 14.0. The third-order valence-electron chi connectivity index (χ3n) is 5.42. The molecule has 1 unspecified atom stereocenters. The first-order valence-corrected chi connectivity index (χ1v) is 10.2. The molecule has 1 amide bonds. The Hall–Kier alpha value is -2.63. The number of nitrogens with one attached hydrogen (secondary N) is 1. The number of likely N-dealkylation sites (tertiary alicyclic amines) is 1. The fraction of sp³-hybridized carbons (Fsp3) is 0.304.